The molecule has 0 aromatic heterocycles. The Bertz CT molecular complexity index is 447. The monoisotopic (exact) mass is 292 g/mol. The van der Waals surface area contributed by atoms with Crippen LogP contribution < -0.4 is 15.4 Å². The van der Waals surface area contributed by atoms with Crippen molar-refractivity contribution >= 4 is 5.91 Å². The molecule has 0 aliphatic heterocycles. The third-order valence-corrected chi connectivity index (χ3v) is 3.12. The van der Waals surface area contributed by atoms with Gasteiger partial charge in [-0.2, -0.15) is 0 Å². The summed E-state index contributed by atoms with van der Waals surface area (Å²) in [6.07, 6.45) is 0. The van der Waals surface area contributed by atoms with Crippen molar-refractivity contribution in [2.45, 2.75) is 41.2 Å². The summed E-state index contributed by atoms with van der Waals surface area (Å²) < 4.78 is 5.65. The van der Waals surface area contributed by atoms with Crippen LogP contribution in [0.2, 0.25) is 0 Å². The zero-order chi connectivity index (χ0) is 15.8. The van der Waals surface area contributed by atoms with Gasteiger partial charge in [0.1, 0.15) is 5.75 Å². The van der Waals surface area contributed by atoms with Gasteiger partial charge in [-0.15, -0.1) is 0 Å². The molecule has 0 atom stereocenters. The number of hydrogen-bond acceptors (Lipinski definition) is 3. The lowest BCUT2D eigenvalue weighted by Gasteiger charge is -2.14. The fraction of sp³-hybridized carbons (Fsp3) is 0.588. The summed E-state index contributed by atoms with van der Waals surface area (Å²) in [5.74, 6) is 1.37. The van der Waals surface area contributed by atoms with Crippen molar-refractivity contribution in [2.24, 2.45) is 5.92 Å². The van der Waals surface area contributed by atoms with Gasteiger partial charge < -0.3 is 15.4 Å². The van der Waals surface area contributed by atoms with Crippen molar-refractivity contribution in [3.8, 4) is 5.75 Å². The number of carbonyl (C=O) groups is 1. The van der Waals surface area contributed by atoms with Crippen LogP contribution in [0.3, 0.4) is 0 Å². The summed E-state index contributed by atoms with van der Waals surface area (Å²) in [4.78, 5) is 11.5. The number of carbonyl (C=O) groups excluding carboxylic acids is 1. The summed E-state index contributed by atoms with van der Waals surface area (Å²) in [7, 11) is 0. The van der Waals surface area contributed by atoms with Crippen molar-refractivity contribution in [3.05, 3.63) is 28.8 Å². The number of benzene rings is 1. The molecule has 0 aliphatic carbocycles. The van der Waals surface area contributed by atoms with Crippen LogP contribution in [0.5, 0.6) is 5.75 Å². The van der Waals surface area contributed by atoms with E-state index in [0.29, 0.717) is 12.5 Å². The molecule has 1 amide bonds. The van der Waals surface area contributed by atoms with Crippen LogP contribution in [-0.2, 0) is 11.3 Å². The fourth-order valence-corrected chi connectivity index (χ4v) is 2.26. The van der Waals surface area contributed by atoms with E-state index in [9.17, 15) is 4.79 Å². The second kappa shape index (κ2) is 8.67. The molecule has 0 radical (unpaired) electrons. The van der Waals surface area contributed by atoms with Gasteiger partial charge in [-0.25, -0.2) is 0 Å². The largest absolute Gasteiger partial charge is 0.483 e. The van der Waals surface area contributed by atoms with Gasteiger partial charge in [0.15, 0.2) is 6.61 Å². The highest BCUT2D eigenvalue weighted by molar-refractivity contribution is 5.77. The van der Waals surface area contributed by atoms with E-state index in [0.717, 1.165) is 30.0 Å². The third-order valence-electron chi connectivity index (χ3n) is 3.12. The van der Waals surface area contributed by atoms with Gasteiger partial charge in [-0.05, 0) is 49.9 Å². The number of likely N-dealkylation sites (N-methyl/N-ethyl adjacent to an activating group) is 1. The highest BCUT2D eigenvalue weighted by atomic mass is 16.5. The quantitative estimate of drug-likeness (QED) is 0.774. The Morgan fingerprint density at radius 1 is 1.24 bits per heavy atom. The number of amides is 1. The number of ether oxygens (including phenoxy) is 1. The van der Waals surface area contributed by atoms with Crippen LogP contribution in [0.1, 0.15) is 37.5 Å². The average Bonchev–Trinajstić information content (AvgIpc) is 2.37. The summed E-state index contributed by atoms with van der Waals surface area (Å²) in [5.41, 5.74) is 3.39. The lowest BCUT2D eigenvalue weighted by molar-refractivity contribution is -0.122. The zero-order valence-corrected chi connectivity index (χ0v) is 13.9. The van der Waals surface area contributed by atoms with E-state index in [4.69, 9.17) is 4.74 Å². The third kappa shape index (κ3) is 6.17. The molecule has 0 fully saturated rings. The van der Waals surface area contributed by atoms with Crippen molar-refractivity contribution in [3.63, 3.8) is 0 Å². The molecule has 21 heavy (non-hydrogen) atoms. The first-order valence-electron chi connectivity index (χ1n) is 7.64. The van der Waals surface area contributed by atoms with Crippen LogP contribution in [-0.4, -0.2) is 25.6 Å². The maximum absolute atomic E-state index is 11.5. The summed E-state index contributed by atoms with van der Waals surface area (Å²) in [6.45, 7) is 12.9. The van der Waals surface area contributed by atoms with Gasteiger partial charge in [0, 0.05) is 13.1 Å². The van der Waals surface area contributed by atoms with E-state index in [1.807, 2.05) is 20.8 Å². The average molecular weight is 292 g/mol. The Morgan fingerprint density at radius 2 is 1.86 bits per heavy atom. The highest BCUT2D eigenvalue weighted by Gasteiger charge is 2.09. The number of rotatable bonds is 8. The molecule has 0 bridgehead atoms. The topological polar surface area (TPSA) is 50.4 Å². The van der Waals surface area contributed by atoms with Gasteiger partial charge in [-0.3, -0.25) is 4.79 Å². The van der Waals surface area contributed by atoms with Crippen LogP contribution in [0.4, 0.5) is 0 Å². The molecular weight excluding hydrogens is 264 g/mol. The minimum Gasteiger partial charge on any atom is -0.483 e. The van der Waals surface area contributed by atoms with Gasteiger partial charge in [-0.1, -0.05) is 26.0 Å². The molecule has 0 unspecified atom stereocenters. The summed E-state index contributed by atoms with van der Waals surface area (Å²) in [5, 5.41) is 6.17. The van der Waals surface area contributed by atoms with Crippen molar-refractivity contribution in [1.29, 1.82) is 0 Å². The minimum atomic E-state index is -0.0843. The van der Waals surface area contributed by atoms with Gasteiger partial charge in [0.05, 0.1) is 0 Å². The number of hydrogen-bond donors (Lipinski definition) is 2. The molecule has 4 nitrogen and oxygen atoms in total. The van der Waals surface area contributed by atoms with E-state index < -0.39 is 0 Å². The first-order chi connectivity index (χ1) is 9.93. The SMILES string of the molecule is CCNC(=O)COc1c(C)cc(CNCC(C)C)cc1C. The normalized spacial score (nSPS) is 10.8. The second-order valence-electron chi connectivity index (χ2n) is 5.83. The van der Waals surface area contributed by atoms with E-state index in [-0.39, 0.29) is 12.5 Å². The van der Waals surface area contributed by atoms with Gasteiger partial charge >= 0.3 is 0 Å². The molecule has 4 heteroatoms. The Labute approximate surface area is 128 Å². The zero-order valence-electron chi connectivity index (χ0n) is 13.9. The molecule has 0 aliphatic rings. The molecule has 1 rings (SSSR count). The molecule has 1 aromatic rings. The Balaban J connectivity index is 2.64. The minimum absolute atomic E-state index is 0.0699. The maximum Gasteiger partial charge on any atom is 0.257 e. The van der Waals surface area contributed by atoms with Crippen LogP contribution in [0.15, 0.2) is 12.1 Å². The predicted molar refractivity (Wildman–Crippen MR) is 86.6 cm³/mol. The van der Waals surface area contributed by atoms with Crippen molar-refractivity contribution < 1.29 is 9.53 Å². The highest BCUT2D eigenvalue weighted by Crippen LogP contribution is 2.24. The predicted octanol–water partition coefficient (Wildman–Crippen LogP) is 2.56. The summed E-state index contributed by atoms with van der Waals surface area (Å²) in [6, 6.07) is 4.24. The molecule has 0 saturated carbocycles. The molecular formula is C17H28N2O2. The number of aryl methyl sites for hydroxylation is 2. The van der Waals surface area contributed by atoms with E-state index in [1.54, 1.807) is 0 Å². The van der Waals surface area contributed by atoms with E-state index in [1.165, 1.54) is 5.56 Å². The number of nitrogens with one attached hydrogen (secondary N) is 2. The molecule has 1 aromatic carbocycles. The van der Waals surface area contributed by atoms with E-state index in [2.05, 4.69) is 36.6 Å². The molecule has 2 N–H and O–H groups in total. The fourth-order valence-electron chi connectivity index (χ4n) is 2.26. The Hall–Kier alpha value is -1.55. The van der Waals surface area contributed by atoms with Crippen LogP contribution in [0, 0.1) is 19.8 Å². The molecule has 0 saturated heterocycles. The molecule has 0 spiro atoms. The van der Waals surface area contributed by atoms with Gasteiger partial charge in [0.25, 0.3) is 5.91 Å². The molecule has 0 heterocycles. The lowest BCUT2D eigenvalue weighted by Crippen LogP contribution is -2.28. The Morgan fingerprint density at radius 3 is 2.38 bits per heavy atom. The molecule has 118 valence electrons. The maximum atomic E-state index is 11.5. The Kier molecular flexibility index (Phi) is 7.23. The first-order valence-corrected chi connectivity index (χ1v) is 7.64. The first kappa shape index (κ1) is 17.5. The summed E-state index contributed by atoms with van der Waals surface area (Å²) >= 11 is 0. The van der Waals surface area contributed by atoms with Gasteiger partial charge in [0.2, 0.25) is 0 Å². The lowest BCUT2D eigenvalue weighted by atomic mass is 10.1. The second-order valence-corrected chi connectivity index (χ2v) is 5.83. The van der Waals surface area contributed by atoms with Crippen LogP contribution in [0.25, 0.3) is 0 Å². The van der Waals surface area contributed by atoms with E-state index >= 15 is 0 Å². The van der Waals surface area contributed by atoms with Crippen molar-refractivity contribution in [2.75, 3.05) is 19.7 Å². The smallest absolute Gasteiger partial charge is 0.257 e. The standard InChI is InChI=1S/C17H28N2O2/c1-6-19-16(20)11-21-17-13(4)7-15(8-14(17)5)10-18-9-12(2)3/h7-8,12,18H,6,9-11H2,1-5H3,(H,19,20). The van der Waals surface area contributed by atoms with Crippen molar-refractivity contribution in [1.82, 2.24) is 10.6 Å². The van der Waals surface area contributed by atoms with Crippen LogP contribution >= 0.6 is 0 Å².